The van der Waals surface area contributed by atoms with Gasteiger partial charge >= 0.3 is 0 Å². The van der Waals surface area contributed by atoms with E-state index in [0.29, 0.717) is 12.1 Å². The first-order valence-electron chi connectivity index (χ1n) is 9.46. The summed E-state index contributed by atoms with van der Waals surface area (Å²) in [6.45, 7) is 7.07. The summed E-state index contributed by atoms with van der Waals surface area (Å²) in [7, 11) is -3.58. The van der Waals surface area contributed by atoms with Crippen LogP contribution in [0.5, 0.6) is 0 Å². The number of nitrogens with zero attached hydrogens (tertiary/aromatic N) is 2. The van der Waals surface area contributed by atoms with E-state index in [1.165, 1.54) is 25.0 Å². The van der Waals surface area contributed by atoms with Gasteiger partial charge in [-0.15, -0.1) is 0 Å². The van der Waals surface area contributed by atoms with Crippen molar-refractivity contribution in [3.05, 3.63) is 29.8 Å². The maximum absolute atomic E-state index is 12.4. The van der Waals surface area contributed by atoms with Crippen LogP contribution in [0.2, 0.25) is 0 Å². The molecule has 0 spiro atoms. The molecule has 0 radical (unpaired) electrons. The summed E-state index contributed by atoms with van der Waals surface area (Å²) in [5, 5.41) is 2.94. The Kier molecular flexibility index (Phi) is 5.86. The van der Waals surface area contributed by atoms with Crippen LogP contribution in [-0.2, 0) is 14.8 Å². The number of carbonyl (C=O) groups excluding carboxylic acids is 2. The molecular formula is C19H27N3O4S. The highest BCUT2D eigenvalue weighted by Crippen LogP contribution is 2.25. The van der Waals surface area contributed by atoms with Gasteiger partial charge in [0.15, 0.2) is 0 Å². The Morgan fingerprint density at radius 3 is 2.41 bits per heavy atom. The van der Waals surface area contributed by atoms with Gasteiger partial charge in [0.2, 0.25) is 15.9 Å². The summed E-state index contributed by atoms with van der Waals surface area (Å²) in [6, 6.07) is 6.39. The van der Waals surface area contributed by atoms with Crippen molar-refractivity contribution in [3.8, 4) is 0 Å². The Morgan fingerprint density at radius 1 is 1.22 bits per heavy atom. The molecule has 2 aliphatic heterocycles. The molecule has 148 valence electrons. The highest BCUT2D eigenvalue weighted by atomic mass is 32.2. The highest BCUT2D eigenvalue weighted by Gasteiger charge is 2.36. The van der Waals surface area contributed by atoms with Crippen LogP contribution in [0.1, 0.15) is 43.5 Å². The average molecular weight is 394 g/mol. The molecule has 27 heavy (non-hydrogen) atoms. The molecule has 0 bridgehead atoms. The predicted octanol–water partition coefficient (Wildman–Crippen LogP) is 1.60. The van der Waals surface area contributed by atoms with Gasteiger partial charge in [-0.05, 0) is 63.0 Å². The van der Waals surface area contributed by atoms with E-state index in [1.54, 1.807) is 12.1 Å². The number of carbonyl (C=O) groups is 2. The molecule has 1 aromatic carbocycles. The standard InChI is InChI=1S/C19H27N3O4S/c1-14-7-10-21(11-8-14)15(2)13-20-19(24)16-3-5-17(6-4-16)22-18(23)9-12-27(22,25)26/h3-6,14-15H,7-13H2,1-2H3,(H,20,24). The lowest BCUT2D eigenvalue weighted by molar-refractivity contribution is -0.116. The van der Waals surface area contributed by atoms with Crippen LogP contribution in [0.15, 0.2) is 24.3 Å². The summed E-state index contributed by atoms with van der Waals surface area (Å²) in [6.07, 6.45) is 2.38. The molecule has 1 aromatic rings. The number of likely N-dealkylation sites (tertiary alicyclic amines) is 1. The maximum atomic E-state index is 12.4. The normalized spacial score (nSPS) is 22.0. The van der Waals surface area contributed by atoms with Gasteiger partial charge < -0.3 is 5.32 Å². The predicted molar refractivity (Wildman–Crippen MR) is 104 cm³/mol. The van der Waals surface area contributed by atoms with Gasteiger partial charge in [-0.2, -0.15) is 0 Å². The third-order valence-electron chi connectivity index (χ3n) is 5.44. The van der Waals surface area contributed by atoms with Gasteiger partial charge in [0.05, 0.1) is 11.4 Å². The van der Waals surface area contributed by atoms with E-state index < -0.39 is 15.9 Å². The van der Waals surface area contributed by atoms with E-state index in [1.807, 2.05) is 0 Å². The number of piperidine rings is 1. The first-order chi connectivity index (χ1) is 12.8. The molecule has 2 aliphatic rings. The van der Waals surface area contributed by atoms with Gasteiger partial charge in [-0.25, -0.2) is 12.7 Å². The van der Waals surface area contributed by atoms with Crippen molar-refractivity contribution in [1.29, 1.82) is 0 Å². The van der Waals surface area contributed by atoms with E-state index >= 15 is 0 Å². The molecule has 1 atom stereocenters. The zero-order chi connectivity index (χ0) is 19.6. The van der Waals surface area contributed by atoms with Crippen LogP contribution in [-0.4, -0.2) is 56.6 Å². The number of hydrogen-bond acceptors (Lipinski definition) is 5. The fourth-order valence-corrected chi connectivity index (χ4v) is 5.02. The molecule has 1 unspecified atom stereocenters. The minimum atomic E-state index is -3.58. The third kappa shape index (κ3) is 4.50. The molecule has 8 heteroatoms. The first kappa shape index (κ1) is 19.8. The van der Waals surface area contributed by atoms with Gasteiger partial charge in [-0.3, -0.25) is 14.5 Å². The molecule has 1 N–H and O–H groups in total. The summed E-state index contributed by atoms with van der Waals surface area (Å²) in [5.41, 5.74) is 0.729. The number of nitrogens with one attached hydrogen (secondary N) is 1. The third-order valence-corrected chi connectivity index (χ3v) is 7.13. The Hall–Kier alpha value is -1.93. The molecule has 0 aliphatic carbocycles. The van der Waals surface area contributed by atoms with Crippen molar-refractivity contribution in [2.75, 3.05) is 29.7 Å². The second-order valence-electron chi connectivity index (χ2n) is 7.55. The summed E-state index contributed by atoms with van der Waals surface area (Å²) < 4.78 is 24.7. The zero-order valence-electron chi connectivity index (χ0n) is 15.8. The molecule has 2 heterocycles. The van der Waals surface area contributed by atoms with Gasteiger partial charge in [0.1, 0.15) is 0 Å². The topological polar surface area (TPSA) is 86.8 Å². The van der Waals surface area contributed by atoms with Crippen molar-refractivity contribution in [2.45, 2.75) is 39.2 Å². The second-order valence-corrected chi connectivity index (χ2v) is 9.49. The minimum Gasteiger partial charge on any atom is -0.350 e. The molecule has 2 fully saturated rings. The Bertz CT molecular complexity index is 799. The van der Waals surface area contributed by atoms with Crippen molar-refractivity contribution in [1.82, 2.24) is 10.2 Å². The smallest absolute Gasteiger partial charge is 0.251 e. The van der Waals surface area contributed by atoms with Crippen LogP contribution in [0.4, 0.5) is 5.69 Å². The van der Waals surface area contributed by atoms with Crippen LogP contribution in [0.25, 0.3) is 0 Å². The number of benzene rings is 1. The Balaban J connectivity index is 1.57. The number of sulfonamides is 1. The van der Waals surface area contributed by atoms with E-state index in [-0.39, 0.29) is 29.8 Å². The van der Waals surface area contributed by atoms with Gasteiger partial charge in [0, 0.05) is 24.6 Å². The second kappa shape index (κ2) is 7.98. The lowest BCUT2D eigenvalue weighted by atomic mass is 9.98. The first-order valence-corrected chi connectivity index (χ1v) is 11.1. The number of amides is 2. The van der Waals surface area contributed by atoms with E-state index in [4.69, 9.17) is 0 Å². The minimum absolute atomic E-state index is 0.00224. The summed E-state index contributed by atoms with van der Waals surface area (Å²) in [4.78, 5) is 26.6. The number of anilines is 1. The molecular weight excluding hydrogens is 366 g/mol. The molecule has 0 saturated carbocycles. The summed E-state index contributed by atoms with van der Waals surface area (Å²) in [5.74, 6) is -0.0274. The summed E-state index contributed by atoms with van der Waals surface area (Å²) >= 11 is 0. The highest BCUT2D eigenvalue weighted by molar-refractivity contribution is 7.94. The number of rotatable bonds is 5. The molecule has 3 rings (SSSR count). The van der Waals surface area contributed by atoms with E-state index in [0.717, 1.165) is 23.3 Å². The monoisotopic (exact) mass is 393 g/mol. The van der Waals surface area contributed by atoms with Crippen molar-refractivity contribution < 1.29 is 18.0 Å². The number of hydrogen-bond donors (Lipinski definition) is 1. The lowest BCUT2D eigenvalue weighted by Crippen LogP contribution is -2.45. The average Bonchev–Trinajstić information content (AvgIpc) is 2.93. The molecule has 2 amide bonds. The van der Waals surface area contributed by atoms with Gasteiger partial charge in [0.25, 0.3) is 5.91 Å². The molecule has 7 nitrogen and oxygen atoms in total. The van der Waals surface area contributed by atoms with E-state index in [9.17, 15) is 18.0 Å². The van der Waals surface area contributed by atoms with Crippen LogP contribution >= 0.6 is 0 Å². The van der Waals surface area contributed by atoms with Crippen LogP contribution < -0.4 is 9.62 Å². The largest absolute Gasteiger partial charge is 0.350 e. The zero-order valence-corrected chi connectivity index (χ0v) is 16.7. The Morgan fingerprint density at radius 2 is 1.85 bits per heavy atom. The quantitative estimate of drug-likeness (QED) is 0.821. The van der Waals surface area contributed by atoms with Crippen molar-refractivity contribution >= 4 is 27.5 Å². The van der Waals surface area contributed by atoms with E-state index in [2.05, 4.69) is 24.1 Å². The van der Waals surface area contributed by atoms with Crippen molar-refractivity contribution in [3.63, 3.8) is 0 Å². The van der Waals surface area contributed by atoms with Gasteiger partial charge in [-0.1, -0.05) is 6.92 Å². The fourth-order valence-electron chi connectivity index (χ4n) is 3.56. The van der Waals surface area contributed by atoms with Crippen LogP contribution in [0.3, 0.4) is 0 Å². The maximum Gasteiger partial charge on any atom is 0.251 e. The molecule has 0 aromatic heterocycles. The van der Waals surface area contributed by atoms with Crippen LogP contribution in [0, 0.1) is 5.92 Å². The Labute approximate surface area is 160 Å². The fraction of sp³-hybridized carbons (Fsp3) is 0.579. The molecule has 2 saturated heterocycles. The SMILES string of the molecule is CC1CCN(C(C)CNC(=O)c2ccc(N3C(=O)CCS3(=O)=O)cc2)CC1. The lowest BCUT2D eigenvalue weighted by Gasteiger charge is -2.35. The van der Waals surface area contributed by atoms with Crippen molar-refractivity contribution in [2.24, 2.45) is 5.92 Å².